The molecule has 0 fully saturated rings. The van der Waals surface area contributed by atoms with E-state index >= 15 is 0 Å². The van der Waals surface area contributed by atoms with Gasteiger partial charge in [-0.05, 0) is 31.3 Å². The van der Waals surface area contributed by atoms with E-state index in [1.165, 1.54) is 43.0 Å². The van der Waals surface area contributed by atoms with Crippen molar-refractivity contribution in [3.8, 4) is 0 Å². The monoisotopic (exact) mass is 238 g/mol. The molecule has 1 aromatic heterocycles. The quantitative estimate of drug-likeness (QED) is 0.482. The van der Waals surface area contributed by atoms with E-state index in [0.29, 0.717) is 0 Å². The fraction of sp³-hybridized carbons (Fsp3) is 0.636. The lowest BCUT2D eigenvalue weighted by Crippen LogP contribution is -2.30. The SMILES string of the molecule is NNC(C1=CCCCCCC1)c1cnsn1. The average molecular weight is 238 g/mol. The first-order valence-electron chi connectivity index (χ1n) is 5.84. The van der Waals surface area contributed by atoms with Crippen molar-refractivity contribution in [2.45, 2.75) is 44.6 Å². The molecule has 4 nitrogen and oxygen atoms in total. The van der Waals surface area contributed by atoms with Gasteiger partial charge in [0.25, 0.3) is 0 Å². The number of hydrogen-bond donors (Lipinski definition) is 2. The molecule has 0 aliphatic heterocycles. The van der Waals surface area contributed by atoms with Crippen LogP contribution in [-0.4, -0.2) is 8.75 Å². The van der Waals surface area contributed by atoms with Crippen LogP contribution >= 0.6 is 11.7 Å². The van der Waals surface area contributed by atoms with E-state index in [9.17, 15) is 0 Å². The largest absolute Gasteiger partial charge is 0.271 e. The Morgan fingerprint density at radius 2 is 2.19 bits per heavy atom. The molecule has 1 heterocycles. The van der Waals surface area contributed by atoms with E-state index < -0.39 is 0 Å². The lowest BCUT2D eigenvalue weighted by Gasteiger charge is -2.19. The number of nitrogens with zero attached hydrogens (tertiary/aromatic N) is 2. The van der Waals surface area contributed by atoms with Crippen LogP contribution in [0, 0.1) is 0 Å². The maximum absolute atomic E-state index is 5.63. The third-order valence-electron chi connectivity index (χ3n) is 3.04. The number of nitrogens with one attached hydrogen (secondary N) is 1. The molecule has 1 aliphatic carbocycles. The Bertz CT molecular complexity index is 334. The molecule has 0 bridgehead atoms. The van der Waals surface area contributed by atoms with Crippen LogP contribution < -0.4 is 11.3 Å². The smallest absolute Gasteiger partial charge is 0.0967 e. The maximum atomic E-state index is 5.63. The summed E-state index contributed by atoms with van der Waals surface area (Å²) in [6.07, 6.45) is 11.6. The van der Waals surface area contributed by atoms with Crippen molar-refractivity contribution >= 4 is 11.7 Å². The topological polar surface area (TPSA) is 63.8 Å². The van der Waals surface area contributed by atoms with E-state index in [0.717, 1.165) is 18.5 Å². The molecular weight excluding hydrogens is 220 g/mol. The summed E-state index contributed by atoms with van der Waals surface area (Å²) in [6, 6.07) is 0.0526. The van der Waals surface area contributed by atoms with E-state index in [-0.39, 0.29) is 6.04 Å². The highest BCUT2D eigenvalue weighted by molar-refractivity contribution is 6.99. The zero-order valence-corrected chi connectivity index (χ0v) is 10.2. The summed E-state index contributed by atoms with van der Waals surface area (Å²) in [5.74, 6) is 5.63. The lowest BCUT2D eigenvalue weighted by atomic mass is 9.94. The average Bonchev–Trinajstić information content (AvgIpc) is 2.75. The van der Waals surface area contributed by atoms with Crippen LogP contribution in [0.25, 0.3) is 0 Å². The molecule has 0 saturated carbocycles. The molecule has 0 radical (unpaired) electrons. The van der Waals surface area contributed by atoms with Crippen molar-refractivity contribution in [2.75, 3.05) is 0 Å². The zero-order chi connectivity index (χ0) is 11.2. The highest BCUT2D eigenvalue weighted by Gasteiger charge is 2.17. The van der Waals surface area contributed by atoms with Gasteiger partial charge in [0.05, 0.1) is 29.7 Å². The Hall–Kier alpha value is -0.780. The maximum Gasteiger partial charge on any atom is 0.0967 e. The first-order chi connectivity index (χ1) is 7.92. The van der Waals surface area contributed by atoms with Gasteiger partial charge >= 0.3 is 0 Å². The van der Waals surface area contributed by atoms with Gasteiger partial charge in [-0.1, -0.05) is 18.9 Å². The van der Waals surface area contributed by atoms with Gasteiger partial charge in [0.2, 0.25) is 0 Å². The van der Waals surface area contributed by atoms with Crippen molar-refractivity contribution in [1.82, 2.24) is 14.2 Å². The van der Waals surface area contributed by atoms with Crippen LogP contribution in [0.15, 0.2) is 17.8 Å². The molecule has 0 amide bonds. The molecule has 1 aliphatic rings. The van der Waals surface area contributed by atoms with Crippen LogP contribution in [0.5, 0.6) is 0 Å². The van der Waals surface area contributed by atoms with Crippen LogP contribution in [0.4, 0.5) is 0 Å². The second kappa shape index (κ2) is 6.08. The molecule has 16 heavy (non-hydrogen) atoms. The van der Waals surface area contributed by atoms with Crippen LogP contribution in [-0.2, 0) is 0 Å². The lowest BCUT2D eigenvalue weighted by molar-refractivity contribution is 0.549. The predicted octanol–water partition coefficient (Wildman–Crippen LogP) is 2.32. The number of allylic oxidation sites excluding steroid dienone is 1. The van der Waals surface area contributed by atoms with Gasteiger partial charge in [-0.3, -0.25) is 5.84 Å². The predicted molar refractivity (Wildman–Crippen MR) is 65.8 cm³/mol. The fourth-order valence-corrected chi connectivity index (χ4v) is 2.61. The van der Waals surface area contributed by atoms with Gasteiger partial charge in [0, 0.05) is 0 Å². The van der Waals surface area contributed by atoms with Gasteiger partial charge in [0.1, 0.15) is 0 Å². The van der Waals surface area contributed by atoms with E-state index in [1.54, 1.807) is 6.20 Å². The summed E-state index contributed by atoms with van der Waals surface area (Å²) in [5, 5.41) is 0. The van der Waals surface area contributed by atoms with Crippen molar-refractivity contribution < 1.29 is 0 Å². The van der Waals surface area contributed by atoms with Crippen LogP contribution in [0.2, 0.25) is 0 Å². The Labute approximate surface area is 100 Å². The minimum absolute atomic E-state index is 0.0526. The second-order valence-corrected chi connectivity index (χ2v) is 4.72. The van der Waals surface area contributed by atoms with Gasteiger partial charge < -0.3 is 0 Å². The minimum atomic E-state index is 0.0526. The summed E-state index contributed by atoms with van der Waals surface area (Å²) >= 11 is 1.23. The third-order valence-corrected chi connectivity index (χ3v) is 3.53. The molecule has 1 aromatic rings. The highest BCUT2D eigenvalue weighted by Crippen LogP contribution is 2.27. The number of rotatable bonds is 3. The number of aromatic nitrogens is 2. The Balaban J connectivity index is 2.12. The van der Waals surface area contributed by atoms with Gasteiger partial charge in [-0.15, -0.1) is 0 Å². The summed E-state index contributed by atoms with van der Waals surface area (Å²) in [5.41, 5.74) is 5.17. The molecule has 0 saturated heterocycles. The second-order valence-electron chi connectivity index (χ2n) is 4.16. The highest BCUT2D eigenvalue weighted by atomic mass is 32.1. The van der Waals surface area contributed by atoms with Crippen molar-refractivity contribution in [3.05, 3.63) is 23.5 Å². The van der Waals surface area contributed by atoms with Crippen molar-refractivity contribution in [1.29, 1.82) is 0 Å². The van der Waals surface area contributed by atoms with E-state index in [4.69, 9.17) is 5.84 Å². The van der Waals surface area contributed by atoms with Gasteiger partial charge in [-0.25, -0.2) is 5.43 Å². The molecule has 0 aromatic carbocycles. The third kappa shape index (κ3) is 2.87. The zero-order valence-electron chi connectivity index (χ0n) is 9.35. The van der Waals surface area contributed by atoms with Crippen molar-refractivity contribution in [3.63, 3.8) is 0 Å². The Kier molecular flexibility index (Phi) is 4.44. The number of hydrogen-bond acceptors (Lipinski definition) is 5. The summed E-state index contributed by atoms with van der Waals surface area (Å²) < 4.78 is 8.30. The normalized spacial score (nSPS) is 19.7. The fourth-order valence-electron chi connectivity index (χ4n) is 2.16. The minimum Gasteiger partial charge on any atom is -0.271 e. The molecular formula is C11H18N4S. The van der Waals surface area contributed by atoms with E-state index in [1.807, 2.05) is 0 Å². The molecule has 3 N–H and O–H groups in total. The van der Waals surface area contributed by atoms with Gasteiger partial charge in [0.15, 0.2) is 0 Å². The first kappa shape index (κ1) is 11.7. The number of hydrazine groups is 1. The summed E-state index contributed by atoms with van der Waals surface area (Å²) in [7, 11) is 0. The number of nitrogens with two attached hydrogens (primary N) is 1. The van der Waals surface area contributed by atoms with E-state index in [2.05, 4.69) is 20.2 Å². The first-order valence-corrected chi connectivity index (χ1v) is 6.57. The molecule has 88 valence electrons. The molecule has 5 heteroatoms. The van der Waals surface area contributed by atoms with Gasteiger partial charge in [-0.2, -0.15) is 8.75 Å². The van der Waals surface area contributed by atoms with Crippen LogP contribution in [0.1, 0.15) is 50.3 Å². The Morgan fingerprint density at radius 1 is 1.31 bits per heavy atom. The Morgan fingerprint density at radius 3 is 2.94 bits per heavy atom. The summed E-state index contributed by atoms with van der Waals surface area (Å²) in [6.45, 7) is 0. The molecule has 2 rings (SSSR count). The summed E-state index contributed by atoms with van der Waals surface area (Å²) in [4.78, 5) is 0. The molecule has 0 spiro atoms. The van der Waals surface area contributed by atoms with Crippen molar-refractivity contribution in [2.24, 2.45) is 5.84 Å². The standard InChI is InChI=1S/C11H18N4S/c12-14-11(10-8-13-16-15-10)9-6-4-2-1-3-5-7-9/h6,8,11,14H,1-5,7,12H2. The molecule has 1 atom stereocenters. The molecule has 1 unspecified atom stereocenters. The van der Waals surface area contributed by atoms with Crippen LogP contribution in [0.3, 0.4) is 0 Å².